The minimum absolute atomic E-state index is 0.177. The second-order valence-corrected chi connectivity index (χ2v) is 8.54. The average Bonchev–Trinajstić information content (AvgIpc) is 3.39. The molecule has 2 fully saturated rings. The Morgan fingerprint density at radius 1 is 0.871 bits per heavy atom. The van der Waals surface area contributed by atoms with Gasteiger partial charge < -0.3 is 14.9 Å². The normalized spacial score (nSPS) is 26.7. The van der Waals surface area contributed by atoms with E-state index in [1.54, 1.807) is 24.3 Å². The van der Waals surface area contributed by atoms with Crippen molar-refractivity contribution < 1.29 is 23.7 Å². The van der Waals surface area contributed by atoms with Crippen molar-refractivity contribution in [2.24, 2.45) is 0 Å². The Labute approximate surface area is 181 Å². The molecule has 4 atom stereocenters. The lowest BCUT2D eigenvalue weighted by atomic mass is 10.0. The van der Waals surface area contributed by atoms with Crippen molar-refractivity contribution in [3.05, 3.63) is 71.3 Å². The maximum atomic E-state index is 13.4. The third-order valence-electron chi connectivity index (χ3n) is 6.28. The van der Waals surface area contributed by atoms with E-state index in [0.29, 0.717) is 19.6 Å². The lowest BCUT2D eigenvalue weighted by molar-refractivity contribution is -0.0323. The minimum atomic E-state index is -0.744. The predicted octanol–water partition coefficient (Wildman–Crippen LogP) is 2.55. The fourth-order valence-electron chi connectivity index (χ4n) is 4.75. The summed E-state index contributed by atoms with van der Waals surface area (Å²) >= 11 is 0. The summed E-state index contributed by atoms with van der Waals surface area (Å²) in [7, 11) is 0. The standard InChI is InChI=1S/C24H30F2N2O3/c25-19-7-3-17(4-8-19)13-27(14-18-5-9-20(26)10-6-18)15-21-23(28-11-1-2-12-28)24(30)22(16-29)31-21/h3-10,21-24,29-30H,1-2,11-16H2. The topological polar surface area (TPSA) is 56.2 Å². The summed E-state index contributed by atoms with van der Waals surface area (Å²) in [6.07, 6.45) is 0.565. The molecule has 0 spiro atoms. The molecule has 7 heteroatoms. The lowest BCUT2D eigenvalue weighted by Gasteiger charge is -2.33. The first kappa shape index (κ1) is 22.3. The third kappa shape index (κ3) is 5.48. The van der Waals surface area contributed by atoms with Crippen LogP contribution in [-0.2, 0) is 17.8 Å². The zero-order chi connectivity index (χ0) is 21.8. The highest BCUT2D eigenvalue weighted by atomic mass is 19.1. The minimum Gasteiger partial charge on any atom is -0.394 e. The van der Waals surface area contributed by atoms with Crippen LogP contribution in [0, 0.1) is 11.6 Å². The molecule has 31 heavy (non-hydrogen) atoms. The molecule has 2 heterocycles. The molecule has 0 amide bonds. The van der Waals surface area contributed by atoms with Crippen LogP contribution in [0.5, 0.6) is 0 Å². The van der Waals surface area contributed by atoms with E-state index < -0.39 is 12.2 Å². The highest BCUT2D eigenvalue weighted by molar-refractivity contribution is 5.18. The van der Waals surface area contributed by atoms with E-state index in [9.17, 15) is 19.0 Å². The van der Waals surface area contributed by atoms with Crippen LogP contribution in [0.3, 0.4) is 0 Å². The van der Waals surface area contributed by atoms with Gasteiger partial charge in [-0.3, -0.25) is 9.80 Å². The van der Waals surface area contributed by atoms with E-state index in [2.05, 4.69) is 9.80 Å². The van der Waals surface area contributed by atoms with Gasteiger partial charge in [0.05, 0.1) is 18.8 Å². The summed E-state index contributed by atoms with van der Waals surface area (Å²) in [6.45, 7) is 3.25. The lowest BCUT2D eigenvalue weighted by Crippen LogP contribution is -2.50. The van der Waals surface area contributed by atoms with Gasteiger partial charge in [-0.25, -0.2) is 8.78 Å². The number of halogens is 2. The first-order chi connectivity index (χ1) is 15.0. The maximum absolute atomic E-state index is 13.4. The van der Waals surface area contributed by atoms with E-state index in [4.69, 9.17) is 4.74 Å². The maximum Gasteiger partial charge on any atom is 0.123 e. The van der Waals surface area contributed by atoms with Gasteiger partial charge in [0.2, 0.25) is 0 Å². The summed E-state index contributed by atoms with van der Waals surface area (Å²) in [5, 5.41) is 20.5. The molecular formula is C24H30F2N2O3. The Kier molecular flexibility index (Phi) is 7.30. The Morgan fingerprint density at radius 3 is 1.87 bits per heavy atom. The van der Waals surface area contributed by atoms with Gasteiger partial charge >= 0.3 is 0 Å². The molecule has 0 bridgehead atoms. The number of hydrogen-bond donors (Lipinski definition) is 2. The second-order valence-electron chi connectivity index (χ2n) is 8.54. The Bertz CT molecular complexity index is 780. The molecule has 0 saturated carbocycles. The fourth-order valence-corrected chi connectivity index (χ4v) is 4.75. The molecule has 0 radical (unpaired) electrons. The summed E-state index contributed by atoms with van der Waals surface area (Å²) in [4.78, 5) is 4.43. The quantitative estimate of drug-likeness (QED) is 0.672. The molecule has 5 nitrogen and oxygen atoms in total. The van der Waals surface area contributed by atoms with Crippen LogP contribution >= 0.6 is 0 Å². The molecule has 4 unspecified atom stereocenters. The molecule has 2 aliphatic rings. The van der Waals surface area contributed by atoms with E-state index >= 15 is 0 Å². The van der Waals surface area contributed by atoms with Gasteiger partial charge in [-0.15, -0.1) is 0 Å². The number of aliphatic hydroxyl groups excluding tert-OH is 2. The second kappa shape index (κ2) is 10.1. The molecule has 2 aliphatic heterocycles. The van der Waals surface area contributed by atoms with Gasteiger partial charge in [-0.2, -0.15) is 0 Å². The summed E-state index contributed by atoms with van der Waals surface area (Å²) in [5.74, 6) is -0.563. The van der Waals surface area contributed by atoms with Crippen LogP contribution in [0.15, 0.2) is 48.5 Å². The first-order valence-electron chi connectivity index (χ1n) is 10.9. The molecule has 2 aromatic rings. The zero-order valence-electron chi connectivity index (χ0n) is 17.5. The summed E-state index contributed by atoms with van der Waals surface area (Å²) in [6, 6.07) is 12.6. The number of benzene rings is 2. The van der Waals surface area contributed by atoms with Gasteiger partial charge in [0.15, 0.2) is 0 Å². The molecule has 2 saturated heterocycles. The number of ether oxygens (including phenoxy) is 1. The monoisotopic (exact) mass is 432 g/mol. The number of rotatable bonds is 8. The highest BCUT2D eigenvalue weighted by Gasteiger charge is 2.47. The van der Waals surface area contributed by atoms with Gasteiger partial charge in [0, 0.05) is 19.6 Å². The van der Waals surface area contributed by atoms with E-state index in [1.165, 1.54) is 24.3 Å². The number of aliphatic hydroxyl groups is 2. The van der Waals surface area contributed by atoms with Crippen molar-refractivity contribution >= 4 is 0 Å². The molecule has 2 N–H and O–H groups in total. The SMILES string of the molecule is OCC1OC(CN(Cc2ccc(F)cc2)Cc2ccc(F)cc2)C(N2CCCC2)C1O. The Hall–Kier alpha value is -1.90. The number of likely N-dealkylation sites (tertiary alicyclic amines) is 1. The van der Waals surface area contributed by atoms with E-state index in [1.807, 2.05) is 0 Å². The largest absolute Gasteiger partial charge is 0.394 e. The molecule has 0 aromatic heterocycles. The van der Waals surface area contributed by atoms with Crippen LogP contribution in [0.4, 0.5) is 8.78 Å². The van der Waals surface area contributed by atoms with Crippen LogP contribution in [0.2, 0.25) is 0 Å². The van der Waals surface area contributed by atoms with Crippen molar-refractivity contribution in [1.29, 1.82) is 0 Å². The fraction of sp³-hybridized carbons (Fsp3) is 0.500. The van der Waals surface area contributed by atoms with Crippen LogP contribution in [0.1, 0.15) is 24.0 Å². The summed E-state index contributed by atoms with van der Waals surface area (Å²) < 4.78 is 32.8. The predicted molar refractivity (Wildman–Crippen MR) is 113 cm³/mol. The van der Waals surface area contributed by atoms with Crippen LogP contribution < -0.4 is 0 Å². The Morgan fingerprint density at radius 2 is 1.39 bits per heavy atom. The van der Waals surface area contributed by atoms with Crippen molar-refractivity contribution in [3.63, 3.8) is 0 Å². The smallest absolute Gasteiger partial charge is 0.123 e. The Balaban J connectivity index is 1.54. The van der Waals surface area contributed by atoms with Crippen molar-refractivity contribution in [2.75, 3.05) is 26.2 Å². The highest BCUT2D eigenvalue weighted by Crippen LogP contribution is 2.30. The van der Waals surface area contributed by atoms with Crippen molar-refractivity contribution in [2.45, 2.75) is 50.3 Å². The summed E-state index contributed by atoms with van der Waals surface area (Å²) in [5.41, 5.74) is 1.91. The molecule has 0 aliphatic carbocycles. The van der Waals surface area contributed by atoms with Crippen molar-refractivity contribution in [1.82, 2.24) is 9.80 Å². The molecule has 168 valence electrons. The van der Waals surface area contributed by atoms with Gasteiger partial charge in [0.1, 0.15) is 23.8 Å². The van der Waals surface area contributed by atoms with Crippen LogP contribution in [0.25, 0.3) is 0 Å². The van der Waals surface area contributed by atoms with Crippen LogP contribution in [-0.4, -0.2) is 70.6 Å². The van der Waals surface area contributed by atoms with E-state index in [0.717, 1.165) is 37.1 Å². The van der Waals surface area contributed by atoms with Gasteiger partial charge in [-0.1, -0.05) is 24.3 Å². The first-order valence-corrected chi connectivity index (χ1v) is 10.9. The van der Waals surface area contributed by atoms with Gasteiger partial charge in [0.25, 0.3) is 0 Å². The molecular weight excluding hydrogens is 402 g/mol. The number of hydrogen-bond acceptors (Lipinski definition) is 5. The van der Waals surface area contributed by atoms with Crippen molar-refractivity contribution in [3.8, 4) is 0 Å². The number of nitrogens with zero attached hydrogens (tertiary/aromatic N) is 2. The third-order valence-corrected chi connectivity index (χ3v) is 6.28. The van der Waals surface area contributed by atoms with E-state index in [-0.39, 0.29) is 30.4 Å². The average molecular weight is 433 g/mol. The molecule has 4 rings (SSSR count). The van der Waals surface area contributed by atoms with Gasteiger partial charge in [-0.05, 0) is 61.3 Å². The molecule has 2 aromatic carbocycles. The zero-order valence-corrected chi connectivity index (χ0v) is 17.5.